The lowest BCUT2D eigenvalue weighted by Gasteiger charge is -2.26. The van der Waals surface area contributed by atoms with Crippen molar-refractivity contribution in [3.05, 3.63) is 23.8 Å². The van der Waals surface area contributed by atoms with Crippen molar-refractivity contribution in [1.82, 2.24) is 10.6 Å². The largest absolute Gasteiger partial charge is 0.493 e. The van der Waals surface area contributed by atoms with Gasteiger partial charge in [-0.1, -0.05) is 6.07 Å². The molecule has 0 spiro atoms. The Hall–Kier alpha value is -1.75. The molecule has 1 amide bonds. The molecule has 0 bridgehead atoms. The van der Waals surface area contributed by atoms with Gasteiger partial charge in [-0.25, -0.2) is 0 Å². The van der Waals surface area contributed by atoms with E-state index in [1.807, 2.05) is 32.0 Å². The molecule has 118 valence electrons. The zero-order chi connectivity index (χ0) is 16.0. The van der Waals surface area contributed by atoms with Crippen molar-refractivity contribution in [1.29, 1.82) is 0 Å². The molecule has 2 N–H and O–H groups in total. The number of nitrogens with one attached hydrogen (secondary N) is 2. The molecule has 0 radical (unpaired) electrons. The van der Waals surface area contributed by atoms with Gasteiger partial charge in [-0.15, -0.1) is 0 Å². The molecule has 0 fully saturated rings. The Morgan fingerprint density at radius 2 is 1.86 bits per heavy atom. The van der Waals surface area contributed by atoms with Gasteiger partial charge in [-0.2, -0.15) is 0 Å². The molecule has 0 saturated heterocycles. The van der Waals surface area contributed by atoms with E-state index in [4.69, 9.17) is 9.47 Å². The number of ether oxygens (including phenoxy) is 2. The standard InChI is InChI=1S/C16H26N2O3/c1-11(18-10-16(2,3)15(19)17-4)12-7-8-13(20-5)14(9-12)21-6/h7-9,11,18H,10H2,1-6H3,(H,17,19). The van der Waals surface area contributed by atoms with Crippen LogP contribution in [0.1, 0.15) is 32.4 Å². The molecule has 5 nitrogen and oxygen atoms in total. The summed E-state index contributed by atoms with van der Waals surface area (Å²) in [7, 11) is 4.89. The molecule has 1 aromatic rings. The van der Waals surface area contributed by atoms with Crippen LogP contribution in [0.2, 0.25) is 0 Å². The van der Waals surface area contributed by atoms with Gasteiger partial charge in [0.05, 0.1) is 19.6 Å². The fraction of sp³-hybridized carbons (Fsp3) is 0.562. The Bertz CT molecular complexity index is 486. The normalized spacial score (nSPS) is 12.7. The van der Waals surface area contributed by atoms with Gasteiger partial charge >= 0.3 is 0 Å². The highest BCUT2D eigenvalue weighted by molar-refractivity contribution is 5.81. The van der Waals surface area contributed by atoms with Gasteiger partial charge in [0.25, 0.3) is 0 Å². The van der Waals surface area contributed by atoms with Crippen LogP contribution in [0.25, 0.3) is 0 Å². The highest BCUT2D eigenvalue weighted by Crippen LogP contribution is 2.30. The number of methoxy groups -OCH3 is 2. The van der Waals surface area contributed by atoms with Gasteiger partial charge in [0.1, 0.15) is 0 Å². The highest BCUT2D eigenvalue weighted by atomic mass is 16.5. The SMILES string of the molecule is CNC(=O)C(C)(C)CNC(C)c1ccc(OC)c(OC)c1. The summed E-state index contributed by atoms with van der Waals surface area (Å²) in [4.78, 5) is 11.8. The molecule has 0 aliphatic carbocycles. The molecule has 0 saturated carbocycles. The number of carbonyl (C=O) groups excluding carboxylic acids is 1. The minimum absolute atomic E-state index is 0.0227. The van der Waals surface area contributed by atoms with Crippen LogP contribution < -0.4 is 20.1 Å². The predicted molar refractivity (Wildman–Crippen MR) is 83.8 cm³/mol. The van der Waals surface area contributed by atoms with Crippen LogP contribution in [0.4, 0.5) is 0 Å². The summed E-state index contributed by atoms with van der Waals surface area (Å²) in [5.41, 5.74) is 0.625. The van der Waals surface area contributed by atoms with Crippen molar-refractivity contribution in [3.63, 3.8) is 0 Å². The lowest BCUT2D eigenvalue weighted by Crippen LogP contribution is -2.42. The van der Waals surface area contributed by atoms with Gasteiger partial charge < -0.3 is 20.1 Å². The highest BCUT2D eigenvalue weighted by Gasteiger charge is 2.26. The van der Waals surface area contributed by atoms with Crippen LogP contribution in [0.3, 0.4) is 0 Å². The second-order valence-corrected chi connectivity index (χ2v) is 5.68. The van der Waals surface area contributed by atoms with E-state index in [0.717, 1.165) is 5.56 Å². The third-order valence-electron chi connectivity index (χ3n) is 3.60. The van der Waals surface area contributed by atoms with Crippen molar-refractivity contribution in [3.8, 4) is 11.5 Å². The van der Waals surface area contributed by atoms with Crippen LogP contribution in [-0.2, 0) is 4.79 Å². The van der Waals surface area contributed by atoms with E-state index in [9.17, 15) is 4.79 Å². The number of rotatable bonds is 7. The second-order valence-electron chi connectivity index (χ2n) is 5.68. The first-order valence-electron chi connectivity index (χ1n) is 7.03. The smallest absolute Gasteiger partial charge is 0.226 e. The fourth-order valence-electron chi connectivity index (χ4n) is 2.07. The van der Waals surface area contributed by atoms with Crippen LogP contribution in [-0.4, -0.2) is 33.7 Å². The molecule has 1 aromatic carbocycles. The molecule has 0 aliphatic rings. The minimum atomic E-state index is -0.459. The van der Waals surface area contributed by atoms with Crippen molar-refractivity contribution in [2.75, 3.05) is 27.8 Å². The molecule has 1 unspecified atom stereocenters. The number of benzene rings is 1. The Kier molecular flexibility index (Phi) is 6.03. The summed E-state index contributed by atoms with van der Waals surface area (Å²) >= 11 is 0. The first-order chi connectivity index (χ1) is 9.85. The average molecular weight is 294 g/mol. The van der Waals surface area contributed by atoms with Crippen molar-refractivity contribution in [2.45, 2.75) is 26.8 Å². The Labute approximate surface area is 127 Å². The molecular weight excluding hydrogens is 268 g/mol. The number of hydrogen-bond donors (Lipinski definition) is 2. The molecule has 1 atom stereocenters. The van der Waals surface area contributed by atoms with E-state index in [0.29, 0.717) is 18.0 Å². The van der Waals surface area contributed by atoms with E-state index in [1.54, 1.807) is 21.3 Å². The summed E-state index contributed by atoms with van der Waals surface area (Å²) < 4.78 is 10.5. The first-order valence-corrected chi connectivity index (χ1v) is 7.03. The summed E-state index contributed by atoms with van der Waals surface area (Å²) in [5, 5.41) is 6.07. The monoisotopic (exact) mass is 294 g/mol. The van der Waals surface area contributed by atoms with E-state index in [2.05, 4.69) is 17.6 Å². The molecular formula is C16H26N2O3. The Balaban J connectivity index is 2.76. The fourth-order valence-corrected chi connectivity index (χ4v) is 2.07. The topological polar surface area (TPSA) is 59.6 Å². The predicted octanol–water partition coefficient (Wildman–Crippen LogP) is 2.13. The molecule has 5 heteroatoms. The van der Waals surface area contributed by atoms with Crippen molar-refractivity contribution in [2.24, 2.45) is 5.41 Å². The van der Waals surface area contributed by atoms with Crippen LogP contribution in [0.5, 0.6) is 11.5 Å². The lowest BCUT2D eigenvalue weighted by atomic mass is 9.91. The molecule has 21 heavy (non-hydrogen) atoms. The summed E-state index contributed by atoms with van der Waals surface area (Å²) in [5.74, 6) is 1.43. The lowest BCUT2D eigenvalue weighted by molar-refractivity contribution is -0.128. The quantitative estimate of drug-likeness (QED) is 0.809. The minimum Gasteiger partial charge on any atom is -0.493 e. The van der Waals surface area contributed by atoms with Crippen molar-refractivity contribution >= 4 is 5.91 Å². The molecule has 0 aromatic heterocycles. The van der Waals surface area contributed by atoms with Crippen LogP contribution in [0.15, 0.2) is 18.2 Å². The third kappa shape index (κ3) is 4.36. The van der Waals surface area contributed by atoms with E-state index in [-0.39, 0.29) is 11.9 Å². The van der Waals surface area contributed by atoms with E-state index >= 15 is 0 Å². The van der Waals surface area contributed by atoms with Gasteiger partial charge in [0.15, 0.2) is 11.5 Å². The van der Waals surface area contributed by atoms with Gasteiger partial charge in [0.2, 0.25) is 5.91 Å². The van der Waals surface area contributed by atoms with Gasteiger partial charge in [-0.05, 0) is 38.5 Å². The maximum Gasteiger partial charge on any atom is 0.226 e. The maximum absolute atomic E-state index is 11.8. The second kappa shape index (κ2) is 7.31. The van der Waals surface area contributed by atoms with Crippen LogP contribution in [0, 0.1) is 5.41 Å². The number of carbonyl (C=O) groups is 1. The van der Waals surface area contributed by atoms with E-state index in [1.165, 1.54) is 0 Å². The van der Waals surface area contributed by atoms with Crippen molar-refractivity contribution < 1.29 is 14.3 Å². The number of hydrogen-bond acceptors (Lipinski definition) is 4. The molecule has 1 rings (SSSR count). The van der Waals surface area contributed by atoms with Gasteiger partial charge in [-0.3, -0.25) is 4.79 Å². The third-order valence-corrected chi connectivity index (χ3v) is 3.60. The van der Waals surface area contributed by atoms with Crippen LogP contribution >= 0.6 is 0 Å². The zero-order valence-corrected chi connectivity index (χ0v) is 13.7. The zero-order valence-electron chi connectivity index (χ0n) is 13.7. The molecule has 0 heterocycles. The average Bonchev–Trinajstić information content (AvgIpc) is 2.50. The number of amides is 1. The van der Waals surface area contributed by atoms with E-state index < -0.39 is 5.41 Å². The summed E-state index contributed by atoms with van der Waals surface area (Å²) in [6.45, 7) is 6.48. The molecule has 0 aliphatic heterocycles. The Morgan fingerprint density at radius 3 is 2.38 bits per heavy atom. The summed E-state index contributed by atoms with van der Waals surface area (Å²) in [6, 6.07) is 5.93. The Morgan fingerprint density at radius 1 is 1.24 bits per heavy atom. The maximum atomic E-state index is 11.8. The summed E-state index contributed by atoms with van der Waals surface area (Å²) in [6.07, 6.45) is 0. The first kappa shape index (κ1) is 17.3. The van der Waals surface area contributed by atoms with Gasteiger partial charge in [0, 0.05) is 19.6 Å².